The minimum Gasteiger partial charge on any atom is -0.381 e. The van der Waals surface area contributed by atoms with Crippen molar-refractivity contribution < 1.29 is 4.39 Å². The zero-order valence-electron chi connectivity index (χ0n) is 12.5. The summed E-state index contributed by atoms with van der Waals surface area (Å²) in [6, 6.07) is 0.956. The molecule has 0 spiro atoms. The van der Waals surface area contributed by atoms with Crippen molar-refractivity contribution in [3.63, 3.8) is 0 Å². The normalized spacial score (nSPS) is 26.4. The second-order valence-corrected chi connectivity index (χ2v) is 5.87. The molecule has 5 heteroatoms. The molecular weight excluding hydrogens is 255 g/mol. The van der Waals surface area contributed by atoms with Crippen molar-refractivity contribution in [3.05, 3.63) is 17.8 Å². The van der Waals surface area contributed by atoms with Crippen LogP contribution in [0.3, 0.4) is 0 Å². The van der Waals surface area contributed by atoms with Gasteiger partial charge in [-0.25, -0.2) is 14.4 Å². The van der Waals surface area contributed by atoms with Gasteiger partial charge in [-0.15, -0.1) is 0 Å². The summed E-state index contributed by atoms with van der Waals surface area (Å²) in [6.45, 7) is 6.85. The molecule has 2 fully saturated rings. The summed E-state index contributed by atoms with van der Waals surface area (Å²) >= 11 is 0. The van der Waals surface area contributed by atoms with Crippen LogP contribution in [0.2, 0.25) is 0 Å². The van der Waals surface area contributed by atoms with Crippen LogP contribution in [0.1, 0.15) is 44.9 Å². The monoisotopic (exact) mass is 280 g/mol. The number of halogens is 1. The molecule has 1 aromatic heterocycles. The molecule has 2 aliphatic rings. The molecule has 0 amide bonds. The average molecular weight is 280 g/mol. The van der Waals surface area contributed by atoms with Crippen molar-refractivity contribution in [3.8, 4) is 0 Å². The maximum Gasteiger partial charge on any atom is 0.183 e. The largest absolute Gasteiger partial charge is 0.381 e. The van der Waals surface area contributed by atoms with E-state index < -0.39 is 5.82 Å². The van der Waals surface area contributed by atoms with E-state index in [0.717, 1.165) is 18.2 Å². The van der Waals surface area contributed by atoms with Gasteiger partial charge in [0.25, 0.3) is 0 Å². The Morgan fingerprint density at radius 3 is 2.65 bits per heavy atom. The van der Waals surface area contributed by atoms with Crippen LogP contribution in [0, 0.1) is 18.7 Å². The molecule has 20 heavy (non-hydrogen) atoms. The number of nitrogen functional groups attached to an aromatic ring is 1. The molecule has 3 rings (SSSR count). The molecule has 0 aromatic carbocycles. The van der Waals surface area contributed by atoms with Crippen LogP contribution >= 0.6 is 0 Å². The van der Waals surface area contributed by atoms with Gasteiger partial charge in [-0.05, 0) is 51.6 Å². The lowest BCUT2D eigenvalue weighted by atomic mass is 9.85. The van der Waals surface area contributed by atoms with E-state index in [4.69, 9.17) is 5.73 Å². The van der Waals surface area contributed by atoms with Crippen LogP contribution in [0.5, 0.6) is 0 Å². The van der Waals surface area contributed by atoms with Crippen molar-refractivity contribution >= 4 is 5.82 Å². The Labute approximate surface area is 120 Å². The second kappa shape index (κ2) is 6.97. The maximum atomic E-state index is 12.2. The highest BCUT2D eigenvalue weighted by atomic mass is 19.1. The lowest BCUT2D eigenvalue weighted by molar-refractivity contribution is 0.0674. The molecule has 0 radical (unpaired) electrons. The first-order valence-corrected chi connectivity index (χ1v) is 7.56. The van der Waals surface area contributed by atoms with E-state index >= 15 is 0 Å². The maximum absolute atomic E-state index is 12.2. The van der Waals surface area contributed by atoms with Gasteiger partial charge in [-0.2, -0.15) is 0 Å². The molecule has 3 heterocycles. The molecule has 2 saturated heterocycles. The van der Waals surface area contributed by atoms with E-state index in [2.05, 4.69) is 21.8 Å². The first-order chi connectivity index (χ1) is 9.58. The summed E-state index contributed by atoms with van der Waals surface area (Å²) in [6.07, 6.45) is 8.37. The fourth-order valence-corrected chi connectivity index (χ4v) is 3.22. The number of hydrogen-bond acceptors (Lipinski definition) is 4. The van der Waals surface area contributed by atoms with E-state index in [9.17, 15) is 4.39 Å². The molecule has 4 nitrogen and oxygen atoms in total. The van der Waals surface area contributed by atoms with Gasteiger partial charge in [0.15, 0.2) is 11.6 Å². The highest BCUT2D eigenvalue weighted by molar-refractivity contribution is 5.27. The minimum absolute atomic E-state index is 0.0949. The lowest BCUT2D eigenvalue weighted by Crippen LogP contribution is -2.46. The molecule has 2 N–H and O–H groups in total. The molecular formula is C15H25FN4. The quantitative estimate of drug-likeness (QED) is 0.794. The number of hydrogen-bond donors (Lipinski definition) is 1. The van der Waals surface area contributed by atoms with Crippen LogP contribution in [-0.2, 0) is 0 Å². The van der Waals surface area contributed by atoms with Crippen molar-refractivity contribution in [1.82, 2.24) is 14.9 Å². The Morgan fingerprint density at radius 1 is 1.25 bits per heavy atom. The summed E-state index contributed by atoms with van der Waals surface area (Å²) in [7, 11) is 0. The SMILES string of the molecule is C[C@@H]1CCCN2CCCC[C@H]12.Cc1ncc(F)c(N)n1. The van der Waals surface area contributed by atoms with Gasteiger partial charge in [-0.3, -0.25) is 0 Å². The van der Waals surface area contributed by atoms with Gasteiger partial charge >= 0.3 is 0 Å². The predicted octanol–water partition coefficient (Wildman–Crippen LogP) is 2.78. The smallest absolute Gasteiger partial charge is 0.183 e. The predicted molar refractivity (Wildman–Crippen MR) is 78.7 cm³/mol. The molecule has 112 valence electrons. The highest BCUT2D eigenvalue weighted by Gasteiger charge is 2.29. The number of fused-ring (bicyclic) bond motifs is 1. The summed E-state index contributed by atoms with van der Waals surface area (Å²) in [4.78, 5) is 9.86. The molecule has 2 atom stereocenters. The Kier molecular flexibility index (Phi) is 5.29. The van der Waals surface area contributed by atoms with Gasteiger partial charge in [0.1, 0.15) is 5.82 Å². The molecule has 0 bridgehead atoms. The Hall–Kier alpha value is -1.23. The van der Waals surface area contributed by atoms with Crippen molar-refractivity contribution in [2.75, 3.05) is 18.8 Å². The fraction of sp³-hybridized carbons (Fsp3) is 0.733. The Morgan fingerprint density at radius 2 is 2.00 bits per heavy atom. The molecule has 1 aromatic rings. The summed E-state index contributed by atoms with van der Waals surface area (Å²) in [5.74, 6) is 0.793. The molecule has 0 saturated carbocycles. The third-order valence-corrected chi connectivity index (χ3v) is 4.32. The molecule has 2 aliphatic heterocycles. The zero-order chi connectivity index (χ0) is 14.5. The van der Waals surface area contributed by atoms with E-state index in [-0.39, 0.29) is 5.82 Å². The zero-order valence-corrected chi connectivity index (χ0v) is 12.5. The Balaban J connectivity index is 0.000000151. The first-order valence-electron chi connectivity index (χ1n) is 7.56. The minimum atomic E-state index is -0.569. The summed E-state index contributed by atoms with van der Waals surface area (Å²) in [5, 5.41) is 0. The standard InChI is InChI=1S/C10H19N.C5H6FN3/c1-9-5-4-8-11-7-3-2-6-10(9)11;1-3-8-2-4(6)5(7)9-3/h9-10H,2-8H2,1H3;2H,1H3,(H2,7,8,9)/t9-,10-;/m1./s1. The highest BCUT2D eigenvalue weighted by Crippen LogP contribution is 2.29. The number of aryl methyl sites for hydroxylation is 1. The number of anilines is 1. The lowest BCUT2D eigenvalue weighted by Gasteiger charge is -2.43. The van der Waals surface area contributed by atoms with Gasteiger partial charge in [-0.1, -0.05) is 13.3 Å². The third-order valence-electron chi connectivity index (χ3n) is 4.32. The number of nitrogens with zero attached hydrogens (tertiary/aromatic N) is 3. The van der Waals surface area contributed by atoms with Crippen LogP contribution in [0.15, 0.2) is 6.20 Å². The summed E-state index contributed by atoms with van der Waals surface area (Å²) < 4.78 is 12.2. The second-order valence-electron chi connectivity index (χ2n) is 5.87. The van der Waals surface area contributed by atoms with Crippen molar-refractivity contribution in [1.29, 1.82) is 0 Å². The van der Waals surface area contributed by atoms with Gasteiger partial charge in [0.2, 0.25) is 0 Å². The van der Waals surface area contributed by atoms with E-state index in [0.29, 0.717) is 5.82 Å². The Bertz CT molecular complexity index is 436. The van der Waals surface area contributed by atoms with Crippen LogP contribution in [0.25, 0.3) is 0 Å². The van der Waals surface area contributed by atoms with Crippen LogP contribution < -0.4 is 5.73 Å². The van der Waals surface area contributed by atoms with E-state index in [1.54, 1.807) is 6.92 Å². The third kappa shape index (κ3) is 3.88. The first kappa shape index (κ1) is 15.2. The topological polar surface area (TPSA) is 55.0 Å². The average Bonchev–Trinajstić information content (AvgIpc) is 2.45. The fourth-order valence-electron chi connectivity index (χ4n) is 3.22. The summed E-state index contributed by atoms with van der Waals surface area (Å²) in [5.41, 5.74) is 5.09. The molecule has 0 unspecified atom stereocenters. The van der Waals surface area contributed by atoms with Crippen molar-refractivity contribution in [2.45, 2.75) is 52.0 Å². The van der Waals surface area contributed by atoms with Gasteiger partial charge in [0.05, 0.1) is 6.20 Å². The van der Waals surface area contributed by atoms with Gasteiger partial charge in [0, 0.05) is 6.04 Å². The van der Waals surface area contributed by atoms with Gasteiger partial charge < -0.3 is 10.6 Å². The molecule has 0 aliphatic carbocycles. The van der Waals surface area contributed by atoms with Crippen LogP contribution in [-0.4, -0.2) is 34.0 Å². The number of rotatable bonds is 0. The van der Waals surface area contributed by atoms with Crippen LogP contribution in [0.4, 0.5) is 10.2 Å². The van der Waals surface area contributed by atoms with E-state index in [1.165, 1.54) is 45.2 Å². The van der Waals surface area contributed by atoms with Crippen molar-refractivity contribution in [2.24, 2.45) is 5.92 Å². The number of aromatic nitrogens is 2. The van der Waals surface area contributed by atoms with E-state index in [1.807, 2.05) is 0 Å². The number of nitrogens with two attached hydrogens (primary N) is 1. The number of piperidine rings is 2.